The van der Waals surface area contributed by atoms with E-state index < -0.39 is 0 Å². The van der Waals surface area contributed by atoms with E-state index in [9.17, 15) is 0 Å². The topological polar surface area (TPSA) is 3.24 Å². The number of nitrogens with zero attached hydrogens (tertiary/aromatic N) is 1. The fraction of sp³-hybridized carbons (Fsp3) is 0.429. The molecule has 0 N–H and O–H groups in total. The van der Waals surface area contributed by atoms with Crippen LogP contribution in [0.25, 0.3) is 0 Å². The smallest absolute Gasteiger partial charge is 0.0279 e. The van der Waals surface area contributed by atoms with Gasteiger partial charge in [-0.3, -0.25) is 4.90 Å². The lowest BCUT2D eigenvalue weighted by Gasteiger charge is -2.33. The Morgan fingerprint density at radius 1 is 1.27 bits per heavy atom. The Balaban J connectivity index is 2.00. The van der Waals surface area contributed by atoms with Crippen LogP contribution >= 0.6 is 0 Å². The Labute approximate surface area is 92.4 Å². The van der Waals surface area contributed by atoms with Gasteiger partial charge >= 0.3 is 0 Å². The van der Waals surface area contributed by atoms with E-state index >= 15 is 0 Å². The van der Waals surface area contributed by atoms with Gasteiger partial charge in [-0.25, -0.2) is 0 Å². The molecule has 1 heterocycles. The largest absolute Gasteiger partial charge is 0.293 e. The molecule has 1 nitrogen and oxygen atoms in total. The summed E-state index contributed by atoms with van der Waals surface area (Å²) in [7, 11) is 0. The van der Waals surface area contributed by atoms with E-state index in [0.29, 0.717) is 6.04 Å². The maximum Gasteiger partial charge on any atom is 0.0279 e. The second-order valence-corrected chi connectivity index (χ2v) is 4.25. The minimum Gasteiger partial charge on any atom is -0.293 e. The van der Waals surface area contributed by atoms with E-state index in [1.54, 1.807) is 0 Å². The van der Waals surface area contributed by atoms with E-state index in [1.165, 1.54) is 31.4 Å². The van der Waals surface area contributed by atoms with Gasteiger partial charge in [-0.2, -0.15) is 0 Å². The third-order valence-electron chi connectivity index (χ3n) is 3.16. The van der Waals surface area contributed by atoms with Crippen molar-refractivity contribution in [2.24, 2.45) is 0 Å². The number of benzene rings is 1. The first-order valence-electron chi connectivity index (χ1n) is 5.80. The molecule has 1 heteroatoms. The van der Waals surface area contributed by atoms with Crippen LogP contribution in [-0.4, -0.2) is 17.5 Å². The summed E-state index contributed by atoms with van der Waals surface area (Å²) >= 11 is 0. The summed E-state index contributed by atoms with van der Waals surface area (Å²) in [5.41, 5.74) is 1.41. The molecule has 0 bridgehead atoms. The van der Waals surface area contributed by atoms with Crippen molar-refractivity contribution in [1.82, 2.24) is 4.90 Å². The summed E-state index contributed by atoms with van der Waals surface area (Å²) in [5.74, 6) is 0. The molecule has 1 fully saturated rings. The number of hydrogen-bond acceptors (Lipinski definition) is 1. The molecule has 2 rings (SSSR count). The average Bonchev–Trinajstić information content (AvgIpc) is 2.31. The van der Waals surface area contributed by atoms with Gasteiger partial charge in [0.25, 0.3) is 0 Å². The number of piperidine rings is 1. The van der Waals surface area contributed by atoms with Crippen molar-refractivity contribution in [3.05, 3.63) is 48.6 Å². The predicted octanol–water partition coefficient (Wildman–Crippen LogP) is 3.23. The Morgan fingerprint density at radius 3 is 2.80 bits per heavy atom. The molecule has 1 aliphatic heterocycles. The van der Waals surface area contributed by atoms with Crippen LogP contribution in [0.3, 0.4) is 0 Å². The molecule has 0 spiro atoms. The van der Waals surface area contributed by atoms with Crippen LogP contribution in [-0.2, 0) is 6.54 Å². The maximum atomic E-state index is 3.93. The van der Waals surface area contributed by atoms with Gasteiger partial charge in [-0.1, -0.05) is 42.8 Å². The summed E-state index contributed by atoms with van der Waals surface area (Å²) in [6.07, 6.45) is 6.05. The van der Waals surface area contributed by atoms with Gasteiger partial charge in [0.1, 0.15) is 0 Å². The fourth-order valence-electron chi connectivity index (χ4n) is 2.30. The number of rotatable bonds is 3. The van der Waals surface area contributed by atoms with E-state index in [2.05, 4.69) is 47.9 Å². The molecule has 1 atom stereocenters. The standard InChI is InChI=1S/C14H19N/c1-2-14-10-6-7-11-15(14)12-13-8-4-3-5-9-13/h2-5,8-9,14H,1,6-7,10-12H2. The van der Waals surface area contributed by atoms with Gasteiger partial charge < -0.3 is 0 Å². The normalized spacial score (nSPS) is 22.5. The zero-order valence-electron chi connectivity index (χ0n) is 9.23. The van der Waals surface area contributed by atoms with E-state index in [-0.39, 0.29) is 0 Å². The van der Waals surface area contributed by atoms with Crippen molar-refractivity contribution >= 4 is 0 Å². The van der Waals surface area contributed by atoms with E-state index in [0.717, 1.165) is 6.54 Å². The first-order chi connectivity index (χ1) is 7.40. The van der Waals surface area contributed by atoms with Crippen LogP contribution in [0.5, 0.6) is 0 Å². The van der Waals surface area contributed by atoms with Gasteiger partial charge in [-0.05, 0) is 24.9 Å². The van der Waals surface area contributed by atoms with Crippen LogP contribution < -0.4 is 0 Å². The van der Waals surface area contributed by atoms with Crippen LogP contribution in [0.4, 0.5) is 0 Å². The monoisotopic (exact) mass is 201 g/mol. The molecule has 0 aromatic heterocycles. The van der Waals surface area contributed by atoms with Crippen LogP contribution in [0.1, 0.15) is 24.8 Å². The first kappa shape index (κ1) is 10.4. The Hall–Kier alpha value is -1.08. The minimum atomic E-state index is 0.582. The molecule has 1 saturated heterocycles. The predicted molar refractivity (Wildman–Crippen MR) is 64.7 cm³/mol. The van der Waals surface area contributed by atoms with Crippen LogP contribution in [0.2, 0.25) is 0 Å². The molecule has 1 unspecified atom stereocenters. The molecule has 15 heavy (non-hydrogen) atoms. The Kier molecular flexibility index (Phi) is 3.57. The molecule has 80 valence electrons. The third kappa shape index (κ3) is 2.69. The lowest BCUT2D eigenvalue weighted by molar-refractivity contribution is 0.172. The van der Waals surface area contributed by atoms with Crippen LogP contribution in [0, 0.1) is 0 Å². The lowest BCUT2D eigenvalue weighted by atomic mass is 10.0. The highest BCUT2D eigenvalue weighted by atomic mass is 15.2. The first-order valence-corrected chi connectivity index (χ1v) is 5.80. The van der Waals surface area contributed by atoms with Crippen molar-refractivity contribution in [1.29, 1.82) is 0 Å². The average molecular weight is 201 g/mol. The summed E-state index contributed by atoms with van der Waals surface area (Å²) in [6.45, 7) is 6.22. The zero-order chi connectivity index (χ0) is 10.5. The van der Waals surface area contributed by atoms with E-state index in [1.807, 2.05) is 0 Å². The fourth-order valence-corrected chi connectivity index (χ4v) is 2.30. The lowest BCUT2D eigenvalue weighted by Crippen LogP contribution is -2.37. The van der Waals surface area contributed by atoms with Crippen molar-refractivity contribution in [3.8, 4) is 0 Å². The van der Waals surface area contributed by atoms with Crippen molar-refractivity contribution in [2.75, 3.05) is 6.54 Å². The van der Waals surface area contributed by atoms with Gasteiger partial charge in [0.15, 0.2) is 0 Å². The molecule has 0 aliphatic carbocycles. The zero-order valence-corrected chi connectivity index (χ0v) is 9.23. The van der Waals surface area contributed by atoms with E-state index in [4.69, 9.17) is 0 Å². The molecule has 0 amide bonds. The van der Waals surface area contributed by atoms with Gasteiger partial charge in [0.05, 0.1) is 0 Å². The molecular formula is C14H19N. The van der Waals surface area contributed by atoms with Crippen molar-refractivity contribution < 1.29 is 0 Å². The van der Waals surface area contributed by atoms with Crippen molar-refractivity contribution in [2.45, 2.75) is 31.8 Å². The molecule has 0 saturated carbocycles. The molecule has 1 aromatic carbocycles. The molecule has 1 aromatic rings. The highest BCUT2D eigenvalue weighted by Crippen LogP contribution is 2.19. The Bertz CT molecular complexity index is 304. The van der Waals surface area contributed by atoms with Gasteiger partial charge in [0.2, 0.25) is 0 Å². The molecule has 1 aliphatic rings. The third-order valence-corrected chi connectivity index (χ3v) is 3.16. The van der Waals surface area contributed by atoms with Crippen LogP contribution in [0.15, 0.2) is 43.0 Å². The second-order valence-electron chi connectivity index (χ2n) is 4.25. The highest BCUT2D eigenvalue weighted by Gasteiger charge is 2.19. The minimum absolute atomic E-state index is 0.582. The quantitative estimate of drug-likeness (QED) is 0.679. The Morgan fingerprint density at radius 2 is 2.07 bits per heavy atom. The summed E-state index contributed by atoms with van der Waals surface area (Å²) in [6, 6.07) is 11.3. The molecule has 0 radical (unpaired) electrons. The maximum absolute atomic E-state index is 3.93. The van der Waals surface area contributed by atoms with Gasteiger partial charge in [0, 0.05) is 12.6 Å². The summed E-state index contributed by atoms with van der Waals surface area (Å²) in [5, 5.41) is 0. The molecular weight excluding hydrogens is 182 g/mol. The number of likely N-dealkylation sites (tertiary alicyclic amines) is 1. The summed E-state index contributed by atoms with van der Waals surface area (Å²) < 4.78 is 0. The highest BCUT2D eigenvalue weighted by molar-refractivity contribution is 5.15. The second kappa shape index (κ2) is 5.13. The SMILES string of the molecule is C=CC1CCCCN1Cc1ccccc1. The van der Waals surface area contributed by atoms with Gasteiger partial charge in [-0.15, -0.1) is 6.58 Å². The summed E-state index contributed by atoms with van der Waals surface area (Å²) in [4.78, 5) is 2.53. The number of hydrogen-bond donors (Lipinski definition) is 0. The van der Waals surface area contributed by atoms with Crippen molar-refractivity contribution in [3.63, 3.8) is 0 Å².